The summed E-state index contributed by atoms with van der Waals surface area (Å²) in [4.78, 5) is 0. The maximum absolute atomic E-state index is 14.7. The quantitative estimate of drug-likeness (QED) is 0.484. The number of fused-ring (bicyclic) bond motifs is 1. The van der Waals surface area contributed by atoms with Crippen molar-refractivity contribution in [2.75, 3.05) is 0 Å². The molecule has 1 aliphatic rings. The van der Waals surface area contributed by atoms with E-state index >= 15 is 0 Å². The predicted molar refractivity (Wildman–Crippen MR) is 112 cm³/mol. The minimum atomic E-state index is -2.82. The van der Waals surface area contributed by atoms with Crippen LogP contribution in [0.15, 0.2) is 84.9 Å². The van der Waals surface area contributed by atoms with Gasteiger partial charge in [0.1, 0.15) is 7.14 Å². The minimum Gasteiger partial charge on any atom is -0.313 e. The van der Waals surface area contributed by atoms with Crippen molar-refractivity contribution in [3.05, 3.63) is 102 Å². The lowest BCUT2D eigenvalue weighted by Crippen LogP contribution is -2.22. The van der Waals surface area contributed by atoms with Gasteiger partial charge in [0.2, 0.25) is 0 Å². The molecule has 130 valence electrons. The van der Waals surface area contributed by atoms with Gasteiger partial charge in [0, 0.05) is 21.3 Å². The normalized spacial score (nSPS) is 19.5. The number of rotatable bonds is 2. The van der Waals surface area contributed by atoms with Crippen molar-refractivity contribution in [1.29, 1.82) is 0 Å². The standard InChI is InChI=1S/C24H23OP/c1-24(2,3)26(25)21-17-11-10-16-20(21)22(18-12-6-4-7-13-18)23(26)19-14-8-5-9-15-19/h4-17H,1-3H3. The third-order valence-corrected chi connectivity index (χ3v) is 9.19. The molecule has 0 radical (unpaired) electrons. The molecule has 0 amide bonds. The van der Waals surface area contributed by atoms with E-state index in [-0.39, 0.29) is 5.16 Å². The van der Waals surface area contributed by atoms with E-state index in [1.165, 1.54) is 0 Å². The number of hydrogen-bond acceptors (Lipinski definition) is 1. The molecule has 0 fully saturated rings. The van der Waals surface area contributed by atoms with Crippen molar-refractivity contribution in [2.45, 2.75) is 25.9 Å². The van der Waals surface area contributed by atoms with Gasteiger partial charge in [-0.1, -0.05) is 106 Å². The van der Waals surface area contributed by atoms with Crippen molar-refractivity contribution in [3.8, 4) is 0 Å². The molecule has 3 aromatic carbocycles. The second-order valence-electron chi connectivity index (χ2n) is 7.75. The van der Waals surface area contributed by atoms with E-state index in [1.807, 2.05) is 48.5 Å². The average Bonchev–Trinajstić information content (AvgIpc) is 2.94. The van der Waals surface area contributed by atoms with Crippen molar-refractivity contribution >= 4 is 23.3 Å². The van der Waals surface area contributed by atoms with Crippen LogP contribution in [0.4, 0.5) is 0 Å². The van der Waals surface area contributed by atoms with Crippen molar-refractivity contribution in [2.24, 2.45) is 0 Å². The lowest BCUT2D eigenvalue weighted by molar-refractivity contribution is 0.565. The number of hydrogen-bond donors (Lipinski definition) is 0. The molecule has 3 aromatic rings. The zero-order valence-electron chi connectivity index (χ0n) is 15.4. The van der Waals surface area contributed by atoms with Gasteiger partial charge in [0.25, 0.3) is 0 Å². The molecule has 26 heavy (non-hydrogen) atoms. The van der Waals surface area contributed by atoms with Gasteiger partial charge >= 0.3 is 0 Å². The SMILES string of the molecule is CC(C)(C)P1(=O)C(c2ccccc2)=C(c2ccccc2)c2ccccc21. The van der Waals surface area contributed by atoms with Crippen molar-refractivity contribution in [1.82, 2.24) is 0 Å². The molecule has 1 nitrogen and oxygen atoms in total. The van der Waals surface area contributed by atoms with Crippen LogP contribution in [0, 0.1) is 0 Å². The summed E-state index contributed by atoms with van der Waals surface area (Å²) in [5.74, 6) is 0. The molecule has 1 atom stereocenters. The Labute approximate surface area is 155 Å². The zero-order valence-corrected chi connectivity index (χ0v) is 16.3. The Bertz CT molecular complexity index is 1020. The fourth-order valence-corrected chi connectivity index (χ4v) is 7.41. The van der Waals surface area contributed by atoms with E-state index in [1.54, 1.807) is 0 Å². The van der Waals surface area contributed by atoms with Gasteiger partial charge in [0.05, 0.1) is 0 Å². The van der Waals surface area contributed by atoms with E-state index < -0.39 is 7.14 Å². The molecule has 0 aliphatic carbocycles. The first-order chi connectivity index (χ1) is 12.4. The summed E-state index contributed by atoms with van der Waals surface area (Å²) in [6.45, 7) is 6.30. The Hall–Kier alpha value is -2.37. The first kappa shape index (κ1) is 17.1. The van der Waals surface area contributed by atoms with Crippen LogP contribution in [0.5, 0.6) is 0 Å². The predicted octanol–water partition coefficient (Wildman–Crippen LogP) is 6.40. The third kappa shape index (κ3) is 2.42. The second kappa shape index (κ2) is 6.11. The van der Waals surface area contributed by atoms with E-state index in [4.69, 9.17) is 0 Å². The molecule has 1 unspecified atom stereocenters. The first-order valence-electron chi connectivity index (χ1n) is 9.00. The van der Waals surface area contributed by atoms with Crippen LogP contribution in [0.25, 0.3) is 10.9 Å². The highest BCUT2D eigenvalue weighted by Crippen LogP contribution is 2.72. The van der Waals surface area contributed by atoms with E-state index in [0.29, 0.717) is 0 Å². The molecular formula is C24H23OP. The molecule has 0 saturated heterocycles. The fourth-order valence-electron chi connectivity index (χ4n) is 3.88. The van der Waals surface area contributed by atoms with E-state index in [9.17, 15) is 4.57 Å². The van der Waals surface area contributed by atoms with Gasteiger partial charge < -0.3 is 4.57 Å². The van der Waals surface area contributed by atoms with Gasteiger partial charge in [0.15, 0.2) is 0 Å². The van der Waals surface area contributed by atoms with Gasteiger partial charge in [-0.05, 0) is 16.7 Å². The van der Waals surface area contributed by atoms with Crippen molar-refractivity contribution < 1.29 is 4.57 Å². The van der Waals surface area contributed by atoms with Crippen LogP contribution in [0.3, 0.4) is 0 Å². The Morgan fingerprint density at radius 3 is 1.73 bits per heavy atom. The van der Waals surface area contributed by atoms with E-state index in [2.05, 4.69) is 57.2 Å². The van der Waals surface area contributed by atoms with E-state index in [0.717, 1.165) is 32.9 Å². The lowest BCUT2D eigenvalue weighted by atomic mass is 9.96. The van der Waals surface area contributed by atoms with Gasteiger partial charge in [-0.2, -0.15) is 0 Å². The average molecular weight is 358 g/mol. The molecule has 0 spiro atoms. The Kier molecular flexibility index (Phi) is 4.01. The molecule has 1 aliphatic heterocycles. The fraction of sp³-hybridized carbons (Fsp3) is 0.167. The van der Waals surface area contributed by atoms with Crippen LogP contribution in [-0.4, -0.2) is 5.16 Å². The summed E-state index contributed by atoms with van der Waals surface area (Å²) in [5.41, 5.74) is 4.41. The summed E-state index contributed by atoms with van der Waals surface area (Å²) >= 11 is 0. The maximum Gasteiger partial charge on any atom is 0.150 e. The van der Waals surface area contributed by atoms with Gasteiger partial charge in [-0.25, -0.2) is 0 Å². The zero-order chi connectivity index (χ0) is 18.4. The minimum absolute atomic E-state index is 0.356. The summed E-state index contributed by atoms with van der Waals surface area (Å²) in [6.07, 6.45) is 0. The van der Waals surface area contributed by atoms with Crippen LogP contribution in [0.2, 0.25) is 0 Å². The molecule has 0 aromatic heterocycles. The summed E-state index contributed by atoms with van der Waals surface area (Å²) in [7, 11) is -2.82. The lowest BCUT2D eigenvalue weighted by Gasteiger charge is -2.31. The first-order valence-corrected chi connectivity index (χ1v) is 10.7. The summed E-state index contributed by atoms with van der Waals surface area (Å²) in [5, 5.41) is 1.63. The molecule has 0 N–H and O–H groups in total. The van der Waals surface area contributed by atoms with Crippen LogP contribution in [-0.2, 0) is 4.57 Å². The van der Waals surface area contributed by atoms with Crippen LogP contribution < -0.4 is 5.30 Å². The molecule has 0 bridgehead atoms. The largest absolute Gasteiger partial charge is 0.313 e. The second-order valence-corrected chi connectivity index (χ2v) is 11.2. The highest BCUT2D eigenvalue weighted by atomic mass is 31.2. The van der Waals surface area contributed by atoms with Gasteiger partial charge in [-0.3, -0.25) is 0 Å². The molecule has 2 heteroatoms. The summed E-state index contributed by atoms with van der Waals surface area (Å²) in [6, 6.07) is 28.8. The highest BCUT2D eigenvalue weighted by Gasteiger charge is 2.49. The molecule has 0 saturated carbocycles. The van der Waals surface area contributed by atoms with Gasteiger partial charge in [-0.15, -0.1) is 0 Å². The van der Waals surface area contributed by atoms with Crippen molar-refractivity contribution in [3.63, 3.8) is 0 Å². The Morgan fingerprint density at radius 2 is 1.15 bits per heavy atom. The molecular weight excluding hydrogens is 335 g/mol. The number of benzene rings is 3. The summed E-state index contributed by atoms with van der Waals surface area (Å²) < 4.78 is 14.7. The monoisotopic (exact) mass is 358 g/mol. The van der Waals surface area contributed by atoms with Crippen LogP contribution >= 0.6 is 7.14 Å². The highest BCUT2D eigenvalue weighted by molar-refractivity contribution is 7.83. The molecule has 4 rings (SSSR count). The van der Waals surface area contributed by atoms with Crippen LogP contribution in [0.1, 0.15) is 37.5 Å². The maximum atomic E-state index is 14.7. The smallest absolute Gasteiger partial charge is 0.150 e. The Morgan fingerprint density at radius 1 is 0.654 bits per heavy atom. The Balaban J connectivity index is 2.17. The molecule has 1 heterocycles. The third-order valence-electron chi connectivity index (χ3n) is 5.12. The topological polar surface area (TPSA) is 17.1 Å².